The molecular weight excluding hydrogens is 423 g/mol. The molecule has 2 aliphatic heterocycles. The van der Waals surface area contributed by atoms with E-state index in [1.807, 2.05) is 6.07 Å². The number of nitrogens with one attached hydrogen (secondary N) is 1. The van der Waals surface area contributed by atoms with E-state index in [9.17, 15) is 14.3 Å². The van der Waals surface area contributed by atoms with Gasteiger partial charge in [-0.15, -0.1) is 0 Å². The van der Waals surface area contributed by atoms with Crippen LogP contribution in [0, 0.1) is 11.7 Å². The van der Waals surface area contributed by atoms with Gasteiger partial charge in [0.2, 0.25) is 5.91 Å². The van der Waals surface area contributed by atoms with Crippen molar-refractivity contribution in [3.63, 3.8) is 0 Å². The van der Waals surface area contributed by atoms with E-state index in [-0.39, 0.29) is 23.5 Å². The zero-order valence-electron chi connectivity index (χ0n) is 18.3. The molecule has 172 valence electrons. The summed E-state index contributed by atoms with van der Waals surface area (Å²) in [5.74, 6) is 1.18. The minimum absolute atomic E-state index is 0.00416. The summed E-state index contributed by atoms with van der Waals surface area (Å²) in [7, 11) is 0. The number of carbonyl (C=O) groups is 1. The third-order valence-electron chi connectivity index (χ3n) is 6.45. The summed E-state index contributed by atoms with van der Waals surface area (Å²) in [6.07, 6.45) is 3.17. The number of aromatic nitrogens is 2. The molecule has 2 N–H and O–H groups in total. The van der Waals surface area contributed by atoms with E-state index in [1.165, 1.54) is 12.1 Å². The monoisotopic (exact) mass is 450 g/mol. The second-order valence-corrected chi connectivity index (χ2v) is 8.81. The van der Waals surface area contributed by atoms with E-state index in [0.717, 1.165) is 32.5 Å². The summed E-state index contributed by atoms with van der Waals surface area (Å²) in [6.45, 7) is 2.73. The normalized spacial score (nSPS) is 19.2. The molecule has 0 aliphatic carbocycles. The highest BCUT2D eigenvalue weighted by Crippen LogP contribution is 2.33. The van der Waals surface area contributed by atoms with Gasteiger partial charge in [-0.1, -0.05) is 12.1 Å². The molecule has 33 heavy (non-hydrogen) atoms. The first-order valence-electron chi connectivity index (χ1n) is 11.4. The van der Waals surface area contributed by atoms with Crippen molar-refractivity contribution in [1.29, 1.82) is 0 Å². The molecule has 2 aliphatic rings. The van der Waals surface area contributed by atoms with Crippen LogP contribution >= 0.6 is 0 Å². The number of ether oxygens (including phenoxy) is 1. The number of hydrogen-bond donors (Lipinski definition) is 2. The summed E-state index contributed by atoms with van der Waals surface area (Å²) in [5, 5.41) is 14.1. The van der Waals surface area contributed by atoms with Gasteiger partial charge in [0.05, 0.1) is 11.1 Å². The van der Waals surface area contributed by atoms with E-state index in [2.05, 4.69) is 15.2 Å². The number of anilines is 1. The smallest absolute Gasteiger partial charge is 0.220 e. The Balaban J connectivity index is 1.38. The van der Waals surface area contributed by atoms with Crippen LogP contribution in [0.15, 0.2) is 42.5 Å². The molecule has 0 saturated carbocycles. The SMILES string of the molecule is O=C(CC1CCOCC1)N[C@H]1CCN(c2nc(-c3ccccc3O)nc3ccc(F)cc23)C1. The lowest BCUT2D eigenvalue weighted by atomic mass is 9.96. The third-order valence-corrected chi connectivity index (χ3v) is 6.45. The van der Waals surface area contributed by atoms with Crippen molar-refractivity contribution < 1.29 is 19.0 Å². The second kappa shape index (κ2) is 9.31. The maximum Gasteiger partial charge on any atom is 0.220 e. The summed E-state index contributed by atoms with van der Waals surface area (Å²) >= 11 is 0. The summed E-state index contributed by atoms with van der Waals surface area (Å²) in [5.41, 5.74) is 1.12. The fourth-order valence-corrected chi connectivity index (χ4v) is 4.68. The minimum atomic E-state index is -0.358. The zero-order valence-corrected chi connectivity index (χ0v) is 18.3. The molecule has 1 aromatic heterocycles. The number of nitrogens with zero attached hydrogens (tertiary/aromatic N) is 3. The van der Waals surface area contributed by atoms with Crippen LogP contribution in [0.2, 0.25) is 0 Å². The molecule has 3 heterocycles. The number of aromatic hydroxyl groups is 1. The number of benzene rings is 2. The summed E-state index contributed by atoms with van der Waals surface area (Å²) < 4.78 is 19.5. The molecule has 0 radical (unpaired) electrons. The molecule has 2 fully saturated rings. The Morgan fingerprint density at radius 2 is 1.97 bits per heavy atom. The largest absolute Gasteiger partial charge is 0.507 e. The highest BCUT2D eigenvalue weighted by Gasteiger charge is 2.28. The molecule has 5 rings (SSSR count). The van der Waals surface area contributed by atoms with Gasteiger partial charge < -0.3 is 20.1 Å². The van der Waals surface area contributed by atoms with Crippen LogP contribution in [-0.2, 0) is 9.53 Å². The Morgan fingerprint density at radius 3 is 2.79 bits per heavy atom. The Labute approximate surface area is 191 Å². The Hall–Kier alpha value is -3.26. The number of phenolic OH excluding ortho intramolecular Hbond substituents is 1. The average Bonchev–Trinajstić information content (AvgIpc) is 3.27. The lowest BCUT2D eigenvalue weighted by Gasteiger charge is -2.23. The molecule has 2 saturated heterocycles. The first-order chi connectivity index (χ1) is 16.1. The maximum absolute atomic E-state index is 14.1. The van der Waals surface area contributed by atoms with E-state index < -0.39 is 0 Å². The molecule has 0 spiro atoms. The summed E-state index contributed by atoms with van der Waals surface area (Å²) in [6, 6.07) is 11.3. The van der Waals surface area contributed by atoms with E-state index in [0.29, 0.717) is 53.5 Å². The second-order valence-electron chi connectivity index (χ2n) is 8.81. The van der Waals surface area contributed by atoms with Crippen LogP contribution < -0.4 is 10.2 Å². The highest BCUT2D eigenvalue weighted by molar-refractivity contribution is 5.91. The van der Waals surface area contributed by atoms with Crippen LogP contribution in [0.1, 0.15) is 25.7 Å². The predicted octanol–water partition coefficient (Wildman–Crippen LogP) is 3.65. The van der Waals surface area contributed by atoms with Gasteiger partial charge in [-0.05, 0) is 55.5 Å². The first-order valence-corrected chi connectivity index (χ1v) is 11.4. The molecule has 1 atom stereocenters. The standard InChI is InChI=1S/C25H27FN4O3/c26-17-5-6-21-20(14-17)25(29-24(28-21)19-3-1-2-4-22(19)31)30-10-7-18(15-30)27-23(32)13-16-8-11-33-12-9-16/h1-6,14,16,18,31H,7-13,15H2,(H,27,32)/t18-/m0/s1. The van der Waals surface area contributed by atoms with E-state index >= 15 is 0 Å². The average molecular weight is 451 g/mol. The predicted molar refractivity (Wildman–Crippen MR) is 124 cm³/mol. The van der Waals surface area contributed by atoms with Crippen LogP contribution in [0.25, 0.3) is 22.3 Å². The zero-order chi connectivity index (χ0) is 22.8. The first kappa shape index (κ1) is 21.6. The fraction of sp³-hybridized carbons (Fsp3) is 0.400. The number of rotatable bonds is 5. The van der Waals surface area contributed by atoms with Crippen molar-refractivity contribution in [1.82, 2.24) is 15.3 Å². The number of hydrogen-bond acceptors (Lipinski definition) is 6. The Morgan fingerprint density at radius 1 is 1.15 bits per heavy atom. The van der Waals surface area contributed by atoms with E-state index in [1.54, 1.807) is 24.3 Å². The topological polar surface area (TPSA) is 87.6 Å². The molecule has 1 amide bonds. The lowest BCUT2D eigenvalue weighted by molar-refractivity contribution is -0.123. The van der Waals surface area contributed by atoms with Crippen molar-refractivity contribution >= 4 is 22.6 Å². The van der Waals surface area contributed by atoms with Crippen molar-refractivity contribution in [2.75, 3.05) is 31.2 Å². The van der Waals surface area contributed by atoms with Crippen LogP contribution in [0.5, 0.6) is 5.75 Å². The van der Waals surface area contributed by atoms with Crippen LogP contribution in [0.3, 0.4) is 0 Å². The van der Waals surface area contributed by atoms with Gasteiger partial charge in [0, 0.05) is 44.2 Å². The van der Waals surface area contributed by atoms with Crippen molar-refractivity contribution in [3.05, 3.63) is 48.3 Å². The molecule has 8 heteroatoms. The number of phenols is 1. The van der Waals surface area contributed by atoms with Gasteiger partial charge in [0.15, 0.2) is 5.82 Å². The number of fused-ring (bicyclic) bond motifs is 1. The van der Waals surface area contributed by atoms with Gasteiger partial charge in [0.25, 0.3) is 0 Å². The Bertz CT molecular complexity index is 1170. The Kier molecular flexibility index (Phi) is 6.09. The summed E-state index contributed by atoms with van der Waals surface area (Å²) in [4.78, 5) is 23.9. The molecule has 0 bridgehead atoms. The van der Waals surface area contributed by atoms with Crippen molar-refractivity contribution in [2.45, 2.75) is 31.7 Å². The third kappa shape index (κ3) is 4.75. The van der Waals surface area contributed by atoms with Crippen molar-refractivity contribution in [3.8, 4) is 17.1 Å². The maximum atomic E-state index is 14.1. The molecule has 3 aromatic rings. The van der Waals surface area contributed by atoms with E-state index in [4.69, 9.17) is 9.72 Å². The fourth-order valence-electron chi connectivity index (χ4n) is 4.68. The molecule has 0 unspecified atom stereocenters. The van der Waals surface area contributed by atoms with Gasteiger partial charge in [-0.3, -0.25) is 4.79 Å². The molecule has 7 nitrogen and oxygen atoms in total. The number of para-hydroxylation sites is 1. The van der Waals surface area contributed by atoms with Gasteiger partial charge in [-0.2, -0.15) is 0 Å². The highest BCUT2D eigenvalue weighted by atomic mass is 19.1. The molecular formula is C25H27FN4O3. The van der Waals surface area contributed by atoms with Crippen LogP contribution in [-0.4, -0.2) is 53.3 Å². The van der Waals surface area contributed by atoms with Crippen LogP contribution in [0.4, 0.5) is 10.2 Å². The van der Waals surface area contributed by atoms with Gasteiger partial charge in [-0.25, -0.2) is 14.4 Å². The number of amides is 1. The minimum Gasteiger partial charge on any atom is -0.507 e. The number of carbonyl (C=O) groups excluding carboxylic acids is 1. The quantitative estimate of drug-likeness (QED) is 0.617. The lowest BCUT2D eigenvalue weighted by Crippen LogP contribution is -2.38. The molecule has 2 aromatic carbocycles. The van der Waals surface area contributed by atoms with Crippen molar-refractivity contribution in [2.24, 2.45) is 5.92 Å². The van der Waals surface area contributed by atoms with Gasteiger partial charge in [0.1, 0.15) is 17.4 Å². The number of halogens is 1. The van der Waals surface area contributed by atoms with Gasteiger partial charge >= 0.3 is 0 Å².